The number of carbonyl (C=O) groups is 2. The van der Waals surface area contributed by atoms with Crippen molar-refractivity contribution in [2.75, 3.05) is 26.3 Å². The molecule has 33 heavy (non-hydrogen) atoms. The molecule has 0 saturated carbocycles. The maximum Gasteiger partial charge on any atom is 0.254 e. The highest BCUT2D eigenvalue weighted by Crippen LogP contribution is 2.19. The number of amides is 2. The maximum absolute atomic E-state index is 13.5. The zero-order chi connectivity index (χ0) is 23.5. The molecule has 0 unspecified atom stereocenters. The van der Waals surface area contributed by atoms with Crippen LogP contribution in [0.3, 0.4) is 0 Å². The fourth-order valence-corrected chi connectivity index (χ4v) is 4.48. The number of hydrogen-bond donors (Lipinski definition) is 0. The number of carbonyl (C=O) groups excluding carboxylic acids is 2. The average Bonchev–Trinajstić information content (AvgIpc) is 3.25. The second-order valence-electron chi connectivity index (χ2n) is 7.89. The molecular formula is C27H32N2O3S. The van der Waals surface area contributed by atoms with Gasteiger partial charge in [-0.1, -0.05) is 48.5 Å². The number of rotatable bonds is 12. The highest BCUT2D eigenvalue weighted by atomic mass is 32.1. The summed E-state index contributed by atoms with van der Waals surface area (Å²) in [6.07, 6.45) is 0.683. The van der Waals surface area contributed by atoms with E-state index in [0.29, 0.717) is 44.8 Å². The second-order valence-corrected chi connectivity index (χ2v) is 9.26. The average molecular weight is 465 g/mol. The monoisotopic (exact) mass is 464 g/mol. The van der Waals surface area contributed by atoms with Crippen LogP contribution in [0.15, 0.2) is 72.8 Å². The lowest BCUT2D eigenvalue weighted by Gasteiger charge is -2.28. The second kappa shape index (κ2) is 12.9. The normalized spacial score (nSPS) is 10.7. The van der Waals surface area contributed by atoms with Crippen molar-refractivity contribution in [3.63, 3.8) is 0 Å². The van der Waals surface area contributed by atoms with Gasteiger partial charge < -0.3 is 14.5 Å². The van der Waals surface area contributed by atoms with Crippen LogP contribution in [0, 0.1) is 6.92 Å². The molecule has 0 N–H and O–H groups in total. The summed E-state index contributed by atoms with van der Waals surface area (Å²) in [4.78, 5) is 32.5. The summed E-state index contributed by atoms with van der Waals surface area (Å²) in [5, 5.41) is 0. The Balaban J connectivity index is 1.77. The van der Waals surface area contributed by atoms with Crippen molar-refractivity contribution in [2.45, 2.75) is 33.4 Å². The Morgan fingerprint density at radius 2 is 1.58 bits per heavy atom. The molecule has 0 aliphatic carbocycles. The Labute approximate surface area is 200 Å². The molecule has 0 saturated heterocycles. The molecule has 2 aromatic carbocycles. The van der Waals surface area contributed by atoms with E-state index in [2.05, 4.69) is 19.1 Å². The summed E-state index contributed by atoms with van der Waals surface area (Å²) in [7, 11) is 0. The van der Waals surface area contributed by atoms with Crippen LogP contribution in [-0.4, -0.2) is 47.9 Å². The molecule has 0 aliphatic heterocycles. The van der Waals surface area contributed by atoms with Crippen LogP contribution in [0.5, 0.6) is 0 Å². The third kappa shape index (κ3) is 7.84. The van der Waals surface area contributed by atoms with Crippen LogP contribution in [-0.2, 0) is 22.6 Å². The van der Waals surface area contributed by atoms with Crippen molar-refractivity contribution < 1.29 is 14.3 Å². The zero-order valence-corrected chi connectivity index (χ0v) is 20.2. The van der Waals surface area contributed by atoms with Crippen LogP contribution in [0.4, 0.5) is 0 Å². The van der Waals surface area contributed by atoms with E-state index >= 15 is 0 Å². The lowest BCUT2D eigenvalue weighted by atomic mass is 10.2. The van der Waals surface area contributed by atoms with Crippen molar-refractivity contribution in [3.05, 3.63) is 93.7 Å². The van der Waals surface area contributed by atoms with E-state index in [9.17, 15) is 9.59 Å². The van der Waals surface area contributed by atoms with Gasteiger partial charge in [0, 0.05) is 41.6 Å². The first-order valence-electron chi connectivity index (χ1n) is 11.4. The van der Waals surface area contributed by atoms with Crippen LogP contribution in [0.25, 0.3) is 0 Å². The quantitative estimate of drug-likeness (QED) is 0.348. The molecule has 2 amide bonds. The number of benzene rings is 2. The summed E-state index contributed by atoms with van der Waals surface area (Å²) in [5.41, 5.74) is 1.65. The van der Waals surface area contributed by atoms with E-state index in [1.165, 1.54) is 4.88 Å². The molecule has 3 rings (SSSR count). The van der Waals surface area contributed by atoms with Gasteiger partial charge in [0.15, 0.2) is 0 Å². The topological polar surface area (TPSA) is 49.9 Å². The molecule has 174 valence electrons. The summed E-state index contributed by atoms with van der Waals surface area (Å²) >= 11 is 1.69. The first-order chi connectivity index (χ1) is 16.1. The van der Waals surface area contributed by atoms with Crippen LogP contribution in [0.2, 0.25) is 0 Å². The molecule has 0 aliphatic rings. The van der Waals surface area contributed by atoms with Gasteiger partial charge in [-0.3, -0.25) is 9.59 Å². The standard InChI is InChI=1S/C27H32N2O3S/c1-3-32-18-10-17-28(27(31)24-13-8-5-9-14-24)21-26(30)29(19-23-11-6-4-7-12-23)20-25-16-15-22(2)33-25/h4-9,11-16H,3,10,17-21H2,1-2H3. The highest BCUT2D eigenvalue weighted by molar-refractivity contribution is 7.11. The van der Waals surface area contributed by atoms with Crippen LogP contribution in [0.1, 0.15) is 39.0 Å². The third-order valence-electron chi connectivity index (χ3n) is 5.27. The molecular weight excluding hydrogens is 432 g/mol. The van der Waals surface area contributed by atoms with Crippen LogP contribution >= 0.6 is 11.3 Å². The number of ether oxygens (including phenoxy) is 1. The smallest absolute Gasteiger partial charge is 0.254 e. The fraction of sp³-hybridized carbons (Fsp3) is 0.333. The third-order valence-corrected chi connectivity index (χ3v) is 6.25. The van der Waals surface area contributed by atoms with Gasteiger partial charge in [0.05, 0.1) is 6.54 Å². The van der Waals surface area contributed by atoms with E-state index in [1.54, 1.807) is 28.4 Å². The van der Waals surface area contributed by atoms with Crippen molar-refractivity contribution in [1.29, 1.82) is 0 Å². The van der Waals surface area contributed by atoms with Gasteiger partial charge in [0.25, 0.3) is 5.91 Å². The molecule has 0 radical (unpaired) electrons. The van der Waals surface area contributed by atoms with Gasteiger partial charge in [-0.05, 0) is 50.1 Å². The summed E-state index contributed by atoms with van der Waals surface area (Å²) in [6, 6.07) is 23.3. The van der Waals surface area contributed by atoms with E-state index in [0.717, 1.165) is 10.4 Å². The van der Waals surface area contributed by atoms with Gasteiger partial charge >= 0.3 is 0 Å². The summed E-state index contributed by atoms with van der Waals surface area (Å²) in [5.74, 6) is -0.197. The predicted octanol–water partition coefficient (Wildman–Crippen LogP) is 5.15. The molecule has 0 bridgehead atoms. The Bertz CT molecular complexity index is 1000. The minimum atomic E-state index is -0.132. The van der Waals surface area contributed by atoms with Crippen molar-refractivity contribution in [2.24, 2.45) is 0 Å². The highest BCUT2D eigenvalue weighted by Gasteiger charge is 2.23. The van der Waals surface area contributed by atoms with E-state index in [1.807, 2.05) is 60.4 Å². The first-order valence-corrected chi connectivity index (χ1v) is 12.2. The minimum absolute atomic E-state index is 0.0387. The van der Waals surface area contributed by atoms with Crippen molar-refractivity contribution in [3.8, 4) is 0 Å². The minimum Gasteiger partial charge on any atom is -0.382 e. The molecule has 0 fully saturated rings. The Kier molecular flexibility index (Phi) is 9.66. The Hall–Kier alpha value is -2.96. The molecule has 5 nitrogen and oxygen atoms in total. The molecule has 1 aromatic heterocycles. The summed E-state index contributed by atoms with van der Waals surface area (Å²) in [6.45, 7) is 6.75. The molecule has 0 atom stereocenters. The number of thiophene rings is 1. The number of hydrogen-bond acceptors (Lipinski definition) is 4. The zero-order valence-electron chi connectivity index (χ0n) is 19.4. The lowest BCUT2D eigenvalue weighted by Crippen LogP contribution is -2.43. The maximum atomic E-state index is 13.5. The van der Waals surface area contributed by atoms with E-state index < -0.39 is 0 Å². The first kappa shape index (κ1) is 24.7. The lowest BCUT2D eigenvalue weighted by molar-refractivity contribution is -0.133. The van der Waals surface area contributed by atoms with E-state index in [4.69, 9.17) is 4.74 Å². The van der Waals surface area contributed by atoms with E-state index in [-0.39, 0.29) is 18.4 Å². The SMILES string of the molecule is CCOCCCN(CC(=O)N(Cc1ccccc1)Cc1ccc(C)s1)C(=O)c1ccccc1. The van der Waals surface area contributed by atoms with Crippen molar-refractivity contribution in [1.82, 2.24) is 9.80 Å². The fourth-order valence-electron chi connectivity index (χ4n) is 3.58. The number of aryl methyl sites for hydroxylation is 1. The van der Waals surface area contributed by atoms with Crippen LogP contribution < -0.4 is 0 Å². The number of nitrogens with zero attached hydrogens (tertiary/aromatic N) is 2. The Morgan fingerprint density at radius 3 is 2.21 bits per heavy atom. The molecule has 0 spiro atoms. The van der Waals surface area contributed by atoms with Gasteiger partial charge in [-0.15, -0.1) is 11.3 Å². The van der Waals surface area contributed by atoms with Crippen molar-refractivity contribution >= 4 is 23.2 Å². The predicted molar refractivity (Wildman–Crippen MR) is 133 cm³/mol. The largest absolute Gasteiger partial charge is 0.382 e. The molecule has 3 aromatic rings. The molecule has 6 heteroatoms. The van der Waals surface area contributed by atoms with Gasteiger partial charge in [-0.25, -0.2) is 0 Å². The Morgan fingerprint density at radius 1 is 0.879 bits per heavy atom. The van der Waals surface area contributed by atoms with Gasteiger partial charge in [0.2, 0.25) is 5.91 Å². The van der Waals surface area contributed by atoms with Gasteiger partial charge in [-0.2, -0.15) is 0 Å². The summed E-state index contributed by atoms with van der Waals surface area (Å²) < 4.78 is 5.45. The molecule has 1 heterocycles. The van der Waals surface area contributed by atoms with Gasteiger partial charge in [0.1, 0.15) is 6.54 Å².